The molecule has 2 aliphatic heterocycles. The first-order valence-electron chi connectivity index (χ1n) is 8.48. The first kappa shape index (κ1) is 15.8. The van der Waals surface area contributed by atoms with Crippen molar-refractivity contribution < 1.29 is 4.79 Å². The lowest BCUT2D eigenvalue weighted by Crippen LogP contribution is -2.53. The second-order valence-electron chi connectivity index (χ2n) is 6.39. The molecule has 4 heteroatoms. The molecule has 2 heterocycles. The fourth-order valence-corrected chi connectivity index (χ4v) is 3.66. The molecule has 0 saturated carbocycles. The Morgan fingerprint density at radius 1 is 1.05 bits per heavy atom. The van der Waals surface area contributed by atoms with Crippen LogP contribution >= 0.6 is 0 Å². The zero-order valence-corrected chi connectivity index (χ0v) is 13.0. The van der Waals surface area contributed by atoms with Gasteiger partial charge in [0, 0.05) is 25.7 Å². The van der Waals surface area contributed by atoms with Crippen molar-refractivity contribution in [3.63, 3.8) is 0 Å². The van der Waals surface area contributed by atoms with Crippen molar-refractivity contribution in [1.82, 2.24) is 9.80 Å². The Bertz CT molecular complexity index is 300. The molecule has 20 heavy (non-hydrogen) atoms. The average Bonchev–Trinajstić information content (AvgIpc) is 2.87. The first-order chi connectivity index (χ1) is 9.74. The van der Waals surface area contributed by atoms with Crippen LogP contribution in [0.1, 0.15) is 58.3 Å². The summed E-state index contributed by atoms with van der Waals surface area (Å²) in [5.41, 5.74) is 5.94. The summed E-state index contributed by atoms with van der Waals surface area (Å²) in [4.78, 5) is 17.2. The summed E-state index contributed by atoms with van der Waals surface area (Å²) in [5.74, 6) is 0.326. The van der Waals surface area contributed by atoms with Gasteiger partial charge in [0.1, 0.15) is 0 Å². The normalized spacial score (nSPS) is 27.7. The summed E-state index contributed by atoms with van der Waals surface area (Å²) in [6.45, 7) is 5.69. The van der Waals surface area contributed by atoms with Crippen molar-refractivity contribution in [3.8, 4) is 0 Å². The molecular weight excluding hydrogens is 250 g/mol. The maximum atomic E-state index is 12.8. The number of carbonyl (C=O) groups is 1. The number of likely N-dealkylation sites (tertiary alicyclic amines) is 2. The summed E-state index contributed by atoms with van der Waals surface area (Å²) in [6.07, 6.45) is 9.75. The van der Waals surface area contributed by atoms with Crippen molar-refractivity contribution in [2.24, 2.45) is 5.73 Å². The molecule has 4 nitrogen and oxygen atoms in total. The Hall–Kier alpha value is -0.610. The van der Waals surface area contributed by atoms with Gasteiger partial charge in [-0.15, -0.1) is 0 Å². The number of carbonyl (C=O) groups excluding carboxylic acids is 1. The van der Waals surface area contributed by atoms with Crippen molar-refractivity contribution in [3.05, 3.63) is 0 Å². The lowest BCUT2D eigenvalue weighted by Gasteiger charge is -2.36. The van der Waals surface area contributed by atoms with E-state index in [9.17, 15) is 4.79 Å². The smallest absolute Gasteiger partial charge is 0.239 e. The van der Waals surface area contributed by atoms with E-state index in [1.54, 1.807) is 0 Å². The molecule has 2 fully saturated rings. The molecular formula is C16H31N3O. The minimum atomic E-state index is -0.000231. The van der Waals surface area contributed by atoms with E-state index in [1.807, 2.05) is 0 Å². The highest BCUT2D eigenvalue weighted by atomic mass is 16.2. The molecule has 1 amide bonds. The molecule has 0 aromatic rings. The highest BCUT2D eigenvalue weighted by Crippen LogP contribution is 2.20. The fraction of sp³-hybridized carbons (Fsp3) is 0.938. The Morgan fingerprint density at radius 3 is 2.30 bits per heavy atom. The van der Waals surface area contributed by atoms with E-state index in [4.69, 9.17) is 5.73 Å². The van der Waals surface area contributed by atoms with Gasteiger partial charge in [-0.1, -0.05) is 25.7 Å². The maximum Gasteiger partial charge on any atom is 0.239 e. The lowest BCUT2D eigenvalue weighted by atomic mass is 10.1. The zero-order valence-electron chi connectivity index (χ0n) is 13.0. The third kappa shape index (κ3) is 3.95. The number of nitrogens with zero attached hydrogens (tertiary/aromatic N) is 2. The van der Waals surface area contributed by atoms with Gasteiger partial charge in [0.15, 0.2) is 0 Å². The monoisotopic (exact) mass is 281 g/mol. The van der Waals surface area contributed by atoms with Gasteiger partial charge in [0.25, 0.3) is 0 Å². The van der Waals surface area contributed by atoms with Crippen molar-refractivity contribution in [2.75, 3.05) is 26.2 Å². The second-order valence-corrected chi connectivity index (χ2v) is 6.39. The van der Waals surface area contributed by atoms with Crippen LogP contribution in [0, 0.1) is 0 Å². The summed E-state index contributed by atoms with van der Waals surface area (Å²) in [7, 11) is 0. The number of amides is 1. The van der Waals surface area contributed by atoms with Gasteiger partial charge in [0.2, 0.25) is 5.91 Å². The molecule has 2 N–H and O–H groups in total. The van der Waals surface area contributed by atoms with Crippen molar-refractivity contribution in [1.29, 1.82) is 0 Å². The number of rotatable bonds is 3. The Morgan fingerprint density at radius 2 is 1.65 bits per heavy atom. The van der Waals surface area contributed by atoms with Crippen LogP contribution in [0.4, 0.5) is 0 Å². The molecule has 2 saturated heterocycles. The summed E-state index contributed by atoms with van der Waals surface area (Å²) in [6, 6.07) is 0.392. The Kier molecular flexibility index (Phi) is 6.30. The summed E-state index contributed by atoms with van der Waals surface area (Å²) in [5, 5.41) is 0. The minimum absolute atomic E-state index is 0.000231. The van der Waals surface area contributed by atoms with Crippen LogP contribution < -0.4 is 5.73 Å². The van der Waals surface area contributed by atoms with Crippen molar-refractivity contribution in [2.45, 2.75) is 70.4 Å². The molecule has 0 spiro atoms. The van der Waals surface area contributed by atoms with Crippen molar-refractivity contribution >= 4 is 5.91 Å². The van der Waals surface area contributed by atoms with E-state index < -0.39 is 0 Å². The molecule has 0 aromatic heterocycles. The van der Waals surface area contributed by atoms with Gasteiger partial charge in [-0.3, -0.25) is 9.69 Å². The van der Waals surface area contributed by atoms with E-state index in [0.29, 0.717) is 18.5 Å². The quantitative estimate of drug-likeness (QED) is 0.860. The van der Waals surface area contributed by atoms with E-state index in [0.717, 1.165) is 26.1 Å². The molecule has 0 aliphatic carbocycles. The van der Waals surface area contributed by atoms with Gasteiger partial charge < -0.3 is 10.6 Å². The SMILES string of the molecule is CC(C(=O)N1CCCCCC1)N1CCCCCC1CN. The largest absolute Gasteiger partial charge is 0.341 e. The molecule has 2 atom stereocenters. The minimum Gasteiger partial charge on any atom is -0.341 e. The summed E-state index contributed by atoms with van der Waals surface area (Å²) < 4.78 is 0. The van der Waals surface area contributed by atoms with E-state index in [1.165, 1.54) is 44.9 Å². The van der Waals surface area contributed by atoms with Crippen LogP contribution in [-0.2, 0) is 4.79 Å². The molecule has 0 aromatic carbocycles. The van der Waals surface area contributed by atoms with Crippen LogP contribution in [-0.4, -0.2) is 54.0 Å². The molecule has 116 valence electrons. The predicted molar refractivity (Wildman–Crippen MR) is 82.5 cm³/mol. The van der Waals surface area contributed by atoms with Crippen LogP contribution in [0.3, 0.4) is 0 Å². The molecule has 0 bridgehead atoms. The Balaban J connectivity index is 1.99. The molecule has 2 aliphatic rings. The van der Waals surface area contributed by atoms with Crippen LogP contribution in [0.2, 0.25) is 0 Å². The average molecular weight is 281 g/mol. The topological polar surface area (TPSA) is 49.6 Å². The summed E-state index contributed by atoms with van der Waals surface area (Å²) >= 11 is 0. The third-order valence-corrected chi connectivity index (χ3v) is 4.97. The van der Waals surface area contributed by atoms with Gasteiger partial charge in [-0.2, -0.15) is 0 Å². The number of nitrogens with two attached hydrogens (primary N) is 1. The highest BCUT2D eigenvalue weighted by Gasteiger charge is 2.31. The van der Waals surface area contributed by atoms with Gasteiger partial charge in [0.05, 0.1) is 6.04 Å². The number of hydrogen-bond donors (Lipinski definition) is 1. The standard InChI is InChI=1S/C16H31N3O/c1-14(16(20)18-10-6-2-3-7-11-18)19-12-8-4-5-9-15(19)13-17/h14-15H,2-13,17H2,1H3. The van der Waals surface area contributed by atoms with Crippen LogP contribution in [0.5, 0.6) is 0 Å². The zero-order chi connectivity index (χ0) is 14.4. The Labute approximate surface area is 123 Å². The molecule has 0 radical (unpaired) electrons. The highest BCUT2D eigenvalue weighted by molar-refractivity contribution is 5.81. The van der Waals surface area contributed by atoms with Gasteiger partial charge in [-0.05, 0) is 39.2 Å². The van der Waals surface area contributed by atoms with Crippen LogP contribution in [0.15, 0.2) is 0 Å². The molecule has 2 unspecified atom stereocenters. The van der Waals surface area contributed by atoms with E-state index in [-0.39, 0.29) is 6.04 Å². The number of hydrogen-bond acceptors (Lipinski definition) is 3. The third-order valence-electron chi connectivity index (χ3n) is 4.97. The van der Waals surface area contributed by atoms with Gasteiger partial charge >= 0.3 is 0 Å². The van der Waals surface area contributed by atoms with Crippen LogP contribution in [0.25, 0.3) is 0 Å². The van der Waals surface area contributed by atoms with E-state index in [2.05, 4.69) is 16.7 Å². The predicted octanol–water partition coefficient (Wildman–Crippen LogP) is 1.98. The first-order valence-corrected chi connectivity index (χ1v) is 8.48. The fourth-order valence-electron chi connectivity index (χ4n) is 3.66. The van der Waals surface area contributed by atoms with E-state index >= 15 is 0 Å². The maximum absolute atomic E-state index is 12.8. The second kappa shape index (κ2) is 7.99. The van der Waals surface area contributed by atoms with Gasteiger partial charge in [-0.25, -0.2) is 0 Å². The molecule has 2 rings (SSSR count). The lowest BCUT2D eigenvalue weighted by molar-refractivity contribution is -0.137.